The molecule has 1 unspecified atom stereocenters. The summed E-state index contributed by atoms with van der Waals surface area (Å²) in [6.07, 6.45) is 0.979. The molecule has 1 atom stereocenters. The Morgan fingerprint density at radius 2 is 2.10 bits per heavy atom. The van der Waals surface area contributed by atoms with Gasteiger partial charge in [0.15, 0.2) is 0 Å². The molecule has 1 saturated heterocycles. The van der Waals surface area contributed by atoms with Crippen molar-refractivity contribution >= 4 is 12.0 Å². The predicted molar refractivity (Wildman–Crippen MR) is 72.6 cm³/mol. The number of carboxylic acid groups (broad SMARTS) is 1. The highest BCUT2D eigenvalue weighted by atomic mass is 16.5. The second-order valence-electron chi connectivity index (χ2n) is 4.75. The van der Waals surface area contributed by atoms with Crippen molar-refractivity contribution in [3.05, 3.63) is 35.4 Å². The zero-order valence-electron chi connectivity index (χ0n) is 11.3. The maximum Gasteiger partial charge on any atom is 0.335 e. The molecule has 0 saturated carbocycles. The van der Waals surface area contributed by atoms with Crippen molar-refractivity contribution in [1.29, 1.82) is 0 Å². The standard InChI is InChI=1S/C14H18N2O4/c1-20-12-6-7-16(9-12)14(19)15-8-10-2-4-11(5-3-10)13(17)18/h2-5,12H,6-9H2,1H3,(H,15,19)(H,17,18). The third kappa shape index (κ3) is 3.48. The van der Waals surface area contributed by atoms with Gasteiger partial charge in [-0.3, -0.25) is 0 Å². The zero-order chi connectivity index (χ0) is 14.5. The van der Waals surface area contributed by atoms with Crippen LogP contribution in [0.1, 0.15) is 22.3 Å². The molecule has 1 aromatic carbocycles. The summed E-state index contributed by atoms with van der Waals surface area (Å²) in [5, 5.41) is 11.6. The number of benzene rings is 1. The molecule has 0 aromatic heterocycles. The summed E-state index contributed by atoms with van der Waals surface area (Å²) in [4.78, 5) is 24.4. The van der Waals surface area contributed by atoms with Crippen molar-refractivity contribution in [1.82, 2.24) is 10.2 Å². The Labute approximate surface area is 117 Å². The molecule has 0 spiro atoms. The molecule has 0 radical (unpaired) electrons. The fourth-order valence-corrected chi connectivity index (χ4v) is 2.16. The monoisotopic (exact) mass is 278 g/mol. The molecule has 2 amide bonds. The second kappa shape index (κ2) is 6.38. The molecule has 1 aliphatic heterocycles. The van der Waals surface area contributed by atoms with E-state index in [1.54, 1.807) is 24.1 Å². The normalized spacial score (nSPS) is 18.1. The fraction of sp³-hybridized carbons (Fsp3) is 0.429. The summed E-state index contributed by atoms with van der Waals surface area (Å²) in [6, 6.07) is 6.34. The lowest BCUT2D eigenvalue weighted by atomic mass is 10.1. The minimum absolute atomic E-state index is 0.119. The SMILES string of the molecule is COC1CCN(C(=O)NCc2ccc(C(=O)O)cc2)C1. The molecule has 6 nitrogen and oxygen atoms in total. The van der Waals surface area contributed by atoms with Crippen LogP contribution in [0.4, 0.5) is 4.79 Å². The van der Waals surface area contributed by atoms with E-state index in [9.17, 15) is 9.59 Å². The molecule has 6 heteroatoms. The van der Waals surface area contributed by atoms with Gasteiger partial charge in [0.2, 0.25) is 0 Å². The van der Waals surface area contributed by atoms with E-state index in [4.69, 9.17) is 9.84 Å². The van der Waals surface area contributed by atoms with E-state index in [1.165, 1.54) is 12.1 Å². The van der Waals surface area contributed by atoms with E-state index in [0.29, 0.717) is 19.6 Å². The van der Waals surface area contributed by atoms with Crippen molar-refractivity contribution < 1.29 is 19.4 Å². The summed E-state index contributed by atoms with van der Waals surface area (Å²) in [7, 11) is 1.65. The Balaban J connectivity index is 1.83. The van der Waals surface area contributed by atoms with E-state index in [2.05, 4.69) is 5.32 Å². The van der Waals surface area contributed by atoms with Gasteiger partial charge in [0, 0.05) is 26.7 Å². The van der Waals surface area contributed by atoms with Gasteiger partial charge in [-0.2, -0.15) is 0 Å². The van der Waals surface area contributed by atoms with Crippen LogP contribution in [0.3, 0.4) is 0 Å². The van der Waals surface area contributed by atoms with Crippen LogP contribution in [0, 0.1) is 0 Å². The number of likely N-dealkylation sites (tertiary alicyclic amines) is 1. The Bertz CT molecular complexity index is 486. The number of carboxylic acids is 1. The van der Waals surface area contributed by atoms with Crippen molar-refractivity contribution in [2.24, 2.45) is 0 Å². The number of nitrogens with zero attached hydrogens (tertiary/aromatic N) is 1. The second-order valence-corrected chi connectivity index (χ2v) is 4.75. The number of carbonyl (C=O) groups is 2. The third-order valence-electron chi connectivity index (χ3n) is 3.41. The van der Waals surface area contributed by atoms with E-state index < -0.39 is 5.97 Å². The van der Waals surface area contributed by atoms with E-state index in [0.717, 1.165) is 12.0 Å². The lowest BCUT2D eigenvalue weighted by Gasteiger charge is -2.17. The van der Waals surface area contributed by atoms with Crippen LogP contribution in [0.2, 0.25) is 0 Å². The molecule has 1 aliphatic rings. The molecule has 0 bridgehead atoms. The first-order valence-corrected chi connectivity index (χ1v) is 6.48. The van der Waals surface area contributed by atoms with Gasteiger partial charge in [-0.15, -0.1) is 0 Å². The molecule has 2 N–H and O–H groups in total. The highest BCUT2D eigenvalue weighted by molar-refractivity contribution is 5.87. The van der Waals surface area contributed by atoms with Crippen molar-refractivity contribution in [2.75, 3.05) is 20.2 Å². The number of rotatable bonds is 4. The van der Waals surface area contributed by atoms with Crippen molar-refractivity contribution in [3.63, 3.8) is 0 Å². The Kier molecular flexibility index (Phi) is 4.57. The van der Waals surface area contributed by atoms with Gasteiger partial charge in [0.05, 0.1) is 11.7 Å². The van der Waals surface area contributed by atoms with E-state index in [1.807, 2.05) is 0 Å². The fourth-order valence-electron chi connectivity index (χ4n) is 2.16. The van der Waals surface area contributed by atoms with Crippen LogP contribution in [-0.2, 0) is 11.3 Å². The van der Waals surface area contributed by atoms with E-state index >= 15 is 0 Å². The minimum Gasteiger partial charge on any atom is -0.478 e. The molecule has 2 rings (SSSR count). The van der Waals surface area contributed by atoms with Crippen LogP contribution >= 0.6 is 0 Å². The Hall–Kier alpha value is -2.08. The van der Waals surface area contributed by atoms with Crippen molar-refractivity contribution in [3.8, 4) is 0 Å². The summed E-state index contributed by atoms with van der Waals surface area (Å²) >= 11 is 0. The van der Waals surface area contributed by atoms with Gasteiger partial charge < -0.3 is 20.1 Å². The topological polar surface area (TPSA) is 78.9 Å². The number of nitrogens with one attached hydrogen (secondary N) is 1. The molecule has 1 aromatic rings. The minimum atomic E-state index is -0.955. The summed E-state index contributed by atoms with van der Waals surface area (Å²) in [5.74, 6) is -0.955. The first-order chi connectivity index (χ1) is 9.60. The van der Waals surface area contributed by atoms with Crippen LogP contribution in [0.15, 0.2) is 24.3 Å². The molecule has 1 heterocycles. The van der Waals surface area contributed by atoms with Crippen LogP contribution in [0.25, 0.3) is 0 Å². The van der Waals surface area contributed by atoms with Crippen LogP contribution in [-0.4, -0.2) is 48.3 Å². The van der Waals surface area contributed by atoms with Crippen LogP contribution in [0.5, 0.6) is 0 Å². The number of hydrogen-bond donors (Lipinski definition) is 2. The smallest absolute Gasteiger partial charge is 0.335 e. The maximum atomic E-state index is 11.9. The predicted octanol–water partition coefficient (Wildman–Crippen LogP) is 1.32. The number of methoxy groups -OCH3 is 1. The number of urea groups is 1. The van der Waals surface area contributed by atoms with Crippen LogP contribution < -0.4 is 5.32 Å². The molecular weight excluding hydrogens is 260 g/mol. The van der Waals surface area contributed by atoms with Gasteiger partial charge in [-0.05, 0) is 24.1 Å². The third-order valence-corrected chi connectivity index (χ3v) is 3.41. The Morgan fingerprint density at radius 3 is 2.65 bits per heavy atom. The molecule has 108 valence electrons. The number of ether oxygens (including phenoxy) is 1. The lowest BCUT2D eigenvalue weighted by Crippen LogP contribution is -2.38. The Morgan fingerprint density at radius 1 is 1.40 bits per heavy atom. The molecule has 0 aliphatic carbocycles. The summed E-state index contributed by atoms with van der Waals surface area (Å²) < 4.78 is 5.21. The van der Waals surface area contributed by atoms with Gasteiger partial charge in [0.25, 0.3) is 0 Å². The number of carbonyl (C=O) groups excluding carboxylic acids is 1. The molecular formula is C14H18N2O4. The molecule has 1 fully saturated rings. The van der Waals surface area contributed by atoms with Crippen molar-refractivity contribution in [2.45, 2.75) is 19.1 Å². The van der Waals surface area contributed by atoms with Gasteiger partial charge in [0.1, 0.15) is 0 Å². The number of hydrogen-bond acceptors (Lipinski definition) is 3. The summed E-state index contributed by atoms with van der Waals surface area (Å²) in [5.41, 5.74) is 1.10. The average molecular weight is 278 g/mol. The average Bonchev–Trinajstić information content (AvgIpc) is 2.94. The molecule has 20 heavy (non-hydrogen) atoms. The van der Waals surface area contributed by atoms with Gasteiger partial charge in [-0.25, -0.2) is 9.59 Å². The zero-order valence-corrected chi connectivity index (χ0v) is 11.3. The lowest BCUT2D eigenvalue weighted by molar-refractivity contribution is 0.0697. The van der Waals surface area contributed by atoms with Gasteiger partial charge >= 0.3 is 12.0 Å². The largest absolute Gasteiger partial charge is 0.478 e. The van der Waals surface area contributed by atoms with Gasteiger partial charge in [-0.1, -0.05) is 12.1 Å². The quantitative estimate of drug-likeness (QED) is 0.870. The number of amides is 2. The number of aromatic carboxylic acids is 1. The highest BCUT2D eigenvalue weighted by Crippen LogP contribution is 2.12. The maximum absolute atomic E-state index is 11.9. The first-order valence-electron chi connectivity index (χ1n) is 6.48. The highest BCUT2D eigenvalue weighted by Gasteiger charge is 2.25. The van der Waals surface area contributed by atoms with E-state index in [-0.39, 0.29) is 17.7 Å². The first kappa shape index (κ1) is 14.3. The summed E-state index contributed by atoms with van der Waals surface area (Å²) in [6.45, 7) is 1.69.